The number of benzene rings is 2. The van der Waals surface area contributed by atoms with Crippen LogP contribution in [0.25, 0.3) is 11.0 Å². The highest BCUT2D eigenvalue weighted by Crippen LogP contribution is 2.43. The zero-order valence-corrected chi connectivity index (χ0v) is 14.7. The number of aromatic nitrogens is 2. The monoisotopic (exact) mass is 330 g/mol. The second-order valence-corrected chi connectivity index (χ2v) is 7.22. The Bertz CT molecular complexity index is 996. The van der Waals surface area contributed by atoms with E-state index >= 15 is 0 Å². The average molecular weight is 330 g/mol. The van der Waals surface area contributed by atoms with Gasteiger partial charge in [0.05, 0.1) is 28.7 Å². The first kappa shape index (κ1) is 14.6. The molecule has 1 fully saturated rings. The van der Waals surface area contributed by atoms with Gasteiger partial charge in [-0.15, -0.1) is 0 Å². The lowest BCUT2D eigenvalue weighted by atomic mass is 10.1. The number of anilines is 2. The average Bonchev–Trinajstić information content (AvgIpc) is 3.37. The molecular weight excluding hydrogens is 308 g/mol. The number of hydrogen-bond donors (Lipinski definition) is 0. The summed E-state index contributed by atoms with van der Waals surface area (Å²) in [5, 5.41) is 0. The molecule has 1 saturated carbocycles. The van der Waals surface area contributed by atoms with Gasteiger partial charge >= 0.3 is 0 Å². The molecule has 0 spiro atoms. The van der Waals surface area contributed by atoms with Crippen molar-refractivity contribution in [3.05, 3.63) is 66.3 Å². The number of hydrogen-bond acceptors (Lipinski definition) is 3. The van der Waals surface area contributed by atoms with Crippen molar-refractivity contribution in [2.45, 2.75) is 25.3 Å². The molecule has 1 aliphatic heterocycles. The van der Waals surface area contributed by atoms with E-state index in [0.717, 1.165) is 23.8 Å². The van der Waals surface area contributed by atoms with Gasteiger partial charge in [0.1, 0.15) is 5.82 Å². The van der Waals surface area contributed by atoms with Crippen LogP contribution in [-0.4, -0.2) is 23.6 Å². The van der Waals surface area contributed by atoms with Gasteiger partial charge in [-0.2, -0.15) is 0 Å². The predicted molar refractivity (Wildman–Crippen MR) is 103 cm³/mol. The van der Waals surface area contributed by atoms with E-state index in [0.29, 0.717) is 0 Å². The fourth-order valence-electron chi connectivity index (χ4n) is 3.92. The highest BCUT2D eigenvalue weighted by Gasteiger charge is 2.27. The topological polar surface area (TPSA) is 24.3 Å². The van der Waals surface area contributed by atoms with Gasteiger partial charge in [0.15, 0.2) is 0 Å². The first-order chi connectivity index (χ1) is 12.1. The Morgan fingerprint density at radius 3 is 2.68 bits per heavy atom. The van der Waals surface area contributed by atoms with Crippen LogP contribution < -0.4 is 9.80 Å². The molecule has 1 aliphatic carbocycles. The third-order valence-corrected chi connectivity index (χ3v) is 5.58. The maximum atomic E-state index is 4.63. The van der Waals surface area contributed by atoms with Crippen LogP contribution in [0.5, 0.6) is 0 Å². The highest BCUT2D eigenvalue weighted by molar-refractivity contribution is 5.82. The smallest absolute Gasteiger partial charge is 0.105 e. The van der Waals surface area contributed by atoms with Gasteiger partial charge in [-0.25, -0.2) is 4.98 Å². The Morgan fingerprint density at radius 1 is 1.08 bits per heavy atom. The Hall–Kier alpha value is -2.75. The van der Waals surface area contributed by atoms with Crippen LogP contribution in [0, 0.1) is 0 Å². The lowest BCUT2D eigenvalue weighted by Crippen LogP contribution is -2.20. The normalized spacial score (nSPS) is 16.8. The summed E-state index contributed by atoms with van der Waals surface area (Å²) in [6.45, 7) is 5.00. The lowest BCUT2D eigenvalue weighted by Gasteiger charge is -2.15. The second kappa shape index (κ2) is 5.12. The maximum absolute atomic E-state index is 4.63. The standard InChI is InChI=1S/C21H22N4/c1-14-23(2)19-10-7-15(11-20(19)24(14)3)12-25-13-22-18-6-4-5-17(21(18)25)16-8-9-16/h4-7,10-11,13,16H,1,8-9,12H2,2-3H3. The van der Waals surface area contributed by atoms with E-state index in [-0.39, 0.29) is 0 Å². The summed E-state index contributed by atoms with van der Waals surface area (Å²) in [7, 11) is 4.14. The summed E-state index contributed by atoms with van der Waals surface area (Å²) in [4.78, 5) is 8.92. The van der Waals surface area contributed by atoms with Crippen molar-refractivity contribution in [3.63, 3.8) is 0 Å². The van der Waals surface area contributed by atoms with E-state index in [9.17, 15) is 0 Å². The molecule has 0 atom stereocenters. The first-order valence-corrected chi connectivity index (χ1v) is 8.86. The van der Waals surface area contributed by atoms with E-state index in [1.54, 1.807) is 0 Å². The minimum Gasteiger partial charge on any atom is -0.330 e. The van der Waals surface area contributed by atoms with Gasteiger partial charge < -0.3 is 14.4 Å². The summed E-state index contributed by atoms with van der Waals surface area (Å²) >= 11 is 0. The van der Waals surface area contributed by atoms with E-state index in [4.69, 9.17) is 0 Å². The molecule has 0 unspecified atom stereocenters. The zero-order valence-electron chi connectivity index (χ0n) is 14.7. The number of nitrogens with zero attached hydrogens (tertiary/aromatic N) is 4. The largest absolute Gasteiger partial charge is 0.330 e. The molecule has 4 heteroatoms. The van der Waals surface area contributed by atoms with Crippen molar-refractivity contribution in [2.75, 3.05) is 23.9 Å². The third-order valence-electron chi connectivity index (χ3n) is 5.58. The van der Waals surface area contributed by atoms with Crippen LogP contribution in [0.4, 0.5) is 11.4 Å². The van der Waals surface area contributed by atoms with Crippen molar-refractivity contribution in [1.82, 2.24) is 9.55 Å². The Labute approximate surface area is 148 Å². The second-order valence-electron chi connectivity index (χ2n) is 7.22. The molecule has 0 radical (unpaired) electrons. The molecular formula is C21H22N4. The molecule has 0 amide bonds. The van der Waals surface area contributed by atoms with E-state index < -0.39 is 0 Å². The Kier molecular flexibility index (Phi) is 2.99. The predicted octanol–water partition coefficient (Wildman–Crippen LogP) is 4.32. The van der Waals surface area contributed by atoms with Crippen LogP contribution in [0.2, 0.25) is 0 Å². The SMILES string of the molecule is C=C1N(C)c2ccc(Cn3cnc4cccc(C5CC5)c43)cc2N1C. The van der Waals surface area contributed by atoms with Crippen LogP contribution >= 0.6 is 0 Å². The summed E-state index contributed by atoms with van der Waals surface area (Å²) < 4.78 is 2.30. The van der Waals surface area contributed by atoms with Crippen molar-refractivity contribution < 1.29 is 0 Å². The molecule has 2 aliphatic rings. The summed E-state index contributed by atoms with van der Waals surface area (Å²) in [6, 6.07) is 13.2. The number of rotatable bonds is 3. The summed E-state index contributed by atoms with van der Waals surface area (Å²) in [5.74, 6) is 1.73. The Morgan fingerprint density at radius 2 is 1.88 bits per heavy atom. The van der Waals surface area contributed by atoms with Crippen LogP contribution in [0.3, 0.4) is 0 Å². The number of imidazole rings is 1. The van der Waals surface area contributed by atoms with Crippen LogP contribution in [0.15, 0.2) is 55.1 Å². The minimum absolute atomic E-state index is 0.724. The number of para-hydroxylation sites is 1. The Balaban J connectivity index is 1.55. The van der Waals surface area contributed by atoms with Gasteiger partial charge in [-0.3, -0.25) is 0 Å². The van der Waals surface area contributed by atoms with Gasteiger partial charge in [0.2, 0.25) is 0 Å². The van der Waals surface area contributed by atoms with Crippen molar-refractivity contribution in [1.29, 1.82) is 0 Å². The van der Waals surface area contributed by atoms with E-state index in [1.807, 2.05) is 6.33 Å². The van der Waals surface area contributed by atoms with Gasteiger partial charge in [0.25, 0.3) is 0 Å². The van der Waals surface area contributed by atoms with Crippen molar-refractivity contribution >= 4 is 22.4 Å². The van der Waals surface area contributed by atoms with Gasteiger partial charge in [-0.1, -0.05) is 24.8 Å². The van der Waals surface area contributed by atoms with E-state index in [1.165, 1.54) is 40.9 Å². The van der Waals surface area contributed by atoms with Gasteiger partial charge in [-0.05, 0) is 48.1 Å². The van der Waals surface area contributed by atoms with Crippen LogP contribution in [-0.2, 0) is 6.54 Å². The molecule has 2 heterocycles. The molecule has 1 aromatic heterocycles. The molecule has 126 valence electrons. The summed E-state index contributed by atoms with van der Waals surface area (Å²) in [6.07, 6.45) is 4.60. The van der Waals surface area contributed by atoms with Gasteiger partial charge in [0, 0.05) is 20.6 Å². The molecule has 2 aromatic carbocycles. The lowest BCUT2D eigenvalue weighted by molar-refractivity contribution is 0.819. The highest BCUT2D eigenvalue weighted by atomic mass is 15.4. The van der Waals surface area contributed by atoms with Crippen molar-refractivity contribution in [2.24, 2.45) is 0 Å². The molecule has 4 nitrogen and oxygen atoms in total. The zero-order chi connectivity index (χ0) is 17.1. The molecule has 5 rings (SSSR count). The molecule has 3 aromatic rings. The fourth-order valence-corrected chi connectivity index (χ4v) is 3.92. The molecule has 0 bridgehead atoms. The minimum atomic E-state index is 0.724. The third kappa shape index (κ3) is 2.17. The van der Waals surface area contributed by atoms with E-state index in [2.05, 4.69) is 76.4 Å². The van der Waals surface area contributed by atoms with Crippen molar-refractivity contribution in [3.8, 4) is 0 Å². The molecule has 0 saturated heterocycles. The molecule has 25 heavy (non-hydrogen) atoms. The quantitative estimate of drug-likeness (QED) is 0.715. The maximum Gasteiger partial charge on any atom is 0.105 e. The van der Waals surface area contributed by atoms with Crippen LogP contribution in [0.1, 0.15) is 29.9 Å². The number of fused-ring (bicyclic) bond motifs is 2. The fraction of sp³-hybridized carbons (Fsp3) is 0.286. The first-order valence-electron chi connectivity index (χ1n) is 8.86. The summed E-state index contributed by atoms with van der Waals surface area (Å²) in [5.41, 5.74) is 7.60. The molecule has 0 N–H and O–H groups in total.